The van der Waals surface area contributed by atoms with Gasteiger partial charge >= 0.3 is 0 Å². The summed E-state index contributed by atoms with van der Waals surface area (Å²) in [6.45, 7) is 12.2. The second-order valence-electron chi connectivity index (χ2n) is 5.32. The van der Waals surface area contributed by atoms with Gasteiger partial charge in [-0.05, 0) is 47.5 Å². The summed E-state index contributed by atoms with van der Waals surface area (Å²) < 4.78 is 0. The first kappa shape index (κ1) is 19.7. The summed E-state index contributed by atoms with van der Waals surface area (Å²) in [5.41, 5.74) is 2.54. The largest absolute Gasteiger partial charge is 0.0683 e. The van der Waals surface area contributed by atoms with Crippen molar-refractivity contribution in [2.75, 3.05) is 0 Å². The fourth-order valence-electron chi connectivity index (χ4n) is 2.41. The standard InChI is InChI=1S/C20H18.2C2H6/c1-15-5-3-7-17-14-20-12-10-16(2)6-4-8-18(20)13-19(17)11-9-15;2*1-2/h3-14H,1-2H3;2*1-2H3. The molecular weight excluding hydrogens is 288 g/mol. The van der Waals surface area contributed by atoms with E-state index in [-0.39, 0.29) is 0 Å². The third-order valence-corrected chi connectivity index (χ3v) is 3.61. The van der Waals surface area contributed by atoms with Crippen molar-refractivity contribution in [3.8, 4) is 0 Å². The van der Waals surface area contributed by atoms with E-state index in [1.165, 1.54) is 32.7 Å². The molecule has 0 aliphatic rings. The molecule has 0 atom stereocenters. The van der Waals surface area contributed by atoms with Crippen LogP contribution in [0.2, 0.25) is 0 Å². The number of hydrogen-bond donors (Lipinski definition) is 0. The van der Waals surface area contributed by atoms with Gasteiger partial charge in [-0.2, -0.15) is 0 Å². The van der Waals surface area contributed by atoms with Crippen LogP contribution in [0.15, 0.2) is 72.8 Å². The Kier molecular flexibility index (Phi) is 8.57. The molecule has 126 valence electrons. The lowest BCUT2D eigenvalue weighted by molar-refractivity contribution is 1.50. The van der Waals surface area contributed by atoms with E-state index in [4.69, 9.17) is 0 Å². The highest BCUT2D eigenvalue weighted by atomic mass is 14.0. The summed E-state index contributed by atoms with van der Waals surface area (Å²) in [6, 6.07) is 26.1. The Labute approximate surface area is 147 Å². The number of aryl methyl sites for hydroxylation is 2. The van der Waals surface area contributed by atoms with Crippen molar-refractivity contribution in [3.05, 3.63) is 83.9 Å². The van der Waals surface area contributed by atoms with E-state index in [0.717, 1.165) is 0 Å². The van der Waals surface area contributed by atoms with Crippen LogP contribution in [0.1, 0.15) is 38.8 Å². The van der Waals surface area contributed by atoms with Crippen molar-refractivity contribution < 1.29 is 0 Å². The molecule has 0 unspecified atom stereocenters. The van der Waals surface area contributed by atoms with Crippen LogP contribution in [-0.2, 0) is 0 Å². The number of fused-ring (bicyclic) bond motifs is 2. The maximum atomic E-state index is 2.26. The van der Waals surface area contributed by atoms with E-state index in [9.17, 15) is 0 Å². The van der Waals surface area contributed by atoms with Crippen molar-refractivity contribution in [2.45, 2.75) is 41.5 Å². The van der Waals surface area contributed by atoms with Gasteiger partial charge in [-0.1, -0.05) is 99.5 Å². The Balaban J connectivity index is 0.000000671. The van der Waals surface area contributed by atoms with Gasteiger partial charge in [-0.15, -0.1) is 0 Å². The van der Waals surface area contributed by atoms with Crippen LogP contribution in [0.25, 0.3) is 21.5 Å². The molecule has 0 radical (unpaired) electrons. The molecule has 0 saturated carbocycles. The van der Waals surface area contributed by atoms with E-state index in [0.29, 0.717) is 0 Å². The number of benzene rings is 1. The van der Waals surface area contributed by atoms with Crippen LogP contribution >= 0.6 is 0 Å². The van der Waals surface area contributed by atoms with Gasteiger partial charge in [-0.25, -0.2) is 0 Å². The summed E-state index contributed by atoms with van der Waals surface area (Å²) in [5, 5.41) is 5.08. The topological polar surface area (TPSA) is 0 Å². The molecule has 0 saturated heterocycles. The SMILES string of the molecule is CC.CC.Cc1cccc2cc3ccc(C)cccc3cc2cc1. The van der Waals surface area contributed by atoms with Gasteiger partial charge < -0.3 is 0 Å². The number of hydrogen-bond acceptors (Lipinski definition) is 0. The molecule has 0 fully saturated rings. The van der Waals surface area contributed by atoms with Crippen molar-refractivity contribution in [1.29, 1.82) is 0 Å². The summed E-state index contributed by atoms with van der Waals surface area (Å²) in [6.07, 6.45) is 0. The molecule has 0 heterocycles. The van der Waals surface area contributed by atoms with Gasteiger partial charge in [0.2, 0.25) is 0 Å². The van der Waals surface area contributed by atoms with E-state index >= 15 is 0 Å². The molecule has 0 nitrogen and oxygen atoms in total. The smallest absolute Gasteiger partial charge is 0.0178 e. The van der Waals surface area contributed by atoms with E-state index in [1.54, 1.807) is 0 Å². The molecule has 3 rings (SSSR count). The van der Waals surface area contributed by atoms with Crippen LogP contribution in [0.5, 0.6) is 0 Å². The second kappa shape index (κ2) is 10.4. The minimum absolute atomic E-state index is 1.27. The Morgan fingerprint density at radius 3 is 1.12 bits per heavy atom. The third kappa shape index (κ3) is 5.38. The maximum absolute atomic E-state index is 2.26. The van der Waals surface area contributed by atoms with Crippen LogP contribution in [0.4, 0.5) is 0 Å². The first-order valence-electron chi connectivity index (χ1n) is 8.96. The van der Waals surface area contributed by atoms with E-state index < -0.39 is 0 Å². The molecular formula is C24H30. The highest BCUT2D eigenvalue weighted by molar-refractivity contribution is 5.97. The predicted octanol–water partition coefficient (Wildman–Crippen LogP) is 7.79. The van der Waals surface area contributed by atoms with Crippen LogP contribution in [-0.4, -0.2) is 0 Å². The first-order valence-corrected chi connectivity index (χ1v) is 8.96. The lowest BCUT2D eigenvalue weighted by Crippen LogP contribution is -1.75. The average Bonchev–Trinajstić information content (AvgIpc) is 2.60. The van der Waals surface area contributed by atoms with Crippen molar-refractivity contribution >= 4 is 21.5 Å². The minimum atomic E-state index is 1.27. The second-order valence-corrected chi connectivity index (χ2v) is 5.32. The summed E-state index contributed by atoms with van der Waals surface area (Å²) in [7, 11) is 0. The Morgan fingerprint density at radius 2 is 0.750 bits per heavy atom. The Hall–Kier alpha value is -2.34. The maximum Gasteiger partial charge on any atom is -0.0178 e. The van der Waals surface area contributed by atoms with Crippen LogP contribution in [0.3, 0.4) is 0 Å². The Bertz CT molecular complexity index is 755. The molecule has 0 N–H and O–H groups in total. The molecule has 0 aliphatic heterocycles. The molecule has 0 bridgehead atoms. The monoisotopic (exact) mass is 318 g/mol. The number of rotatable bonds is 0. The molecule has 0 amide bonds. The van der Waals surface area contributed by atoms with Crippen LogP contribution < -0.4 is 0 Å². The summed E-state index contributed by atoms with van der Waals surface area (Å²) in [4.78, 5) is 0. The van der Waals surface area contributed by atoms with Crippen molar-refractivity contribution in [1.82, 2.24) is 0 Å². The molecule has 3 aromatic rings. The summed E-state index contributed by atoms with van der Waals surface area (Å²) in [5.74, 6) is 0. The zero-order valence-electron chi connectivity index (χ0n) is 15.9. The molecule has 0 aromatic heterocycles. The highest BCUT2D eigenvalue weighted by Crippen LogP contribution is 2.21. The third-order valence-electron chi connectivity index (χ3n) is 3.61. The quantitative estimate of drug-likeness (QED) is 0.397. The van der Waals surface area contributed by atoms with Gasteiger partial charge in [0.25, 0.3) is 0 Å². The van der Waals surface area contributed by atoms with Gasteiger partial charge in [-0.3, -0.25) is 0 Å². The highest BCUT2D eigenvalue weighted by Gasteiger charge is 1.95. The fourth-order valence-corrected chi connectivity index (χ4v) is 2.41. The normalized spacial score (nSPS) is 9.25. The molecule has 0 aliphatic carbocycles. The van der Waals surface area contributed by atoms with E-state index in [2.05, 4.69) is 86.6 Å². The molecule has 0 spiro atoms. The molecule has 3 aromatic carbocycles. The Morgan fingerprint density at radius 1 is 0.417 bits per heavy atom. The average molecular weight is 319 g/mol. The lowest BCUT2D eigenvalue weighted by atomic mass is 10.0. The van der Waals surface area contributed by atoms with Gasteiger partial charge in [0.1, 0.15) is 0 Å². The minimum Gasteiger partial charge on any atom is -0.0683 e. The van der Waals surface area contributed by atoms with Gasteiger partial charge in [0.15, 0.2) is 0 Å². The zero-order chi connectivity index (χ0) is 17.9. The lowest BCUT2D eigenvalue weighted by Gasteiger charge is -2.00. The summed E-state index contributed by atoms with van der Waals surface area (Å²) >= 11 is 0. The van der Waals surface area contributed by atoms with Crippen LogP contribution in [0, 0.1) is 13.8 Å². The van der Waals surface area contributed by atoms with E-state index in [1.807, 2.05) is 27.7 Å². The molecule has 24 heavy (non-hydrogen) atoms. The fraction of sp³-hybridized carbons (Fsp3) is 0.250. The van der Waals surface area contributed by atoms with Crippen molar-refractivity contribution in [2.24, 2.45) is 0 Å². The van der Waals surface area contributed by atoms with Gasteiger partial charge in [0, 0.05) is 0 Å². The predicted molar refractivity (Wildman–Crippen MR) is 111 cm³/mol. The first-order chi connectivity index (χ1) is 11.7. The molecule has 0 heteroatoms. The zero-order valence-corrected chi connectivity index (χ0v) is 15.9. The van der Waals surface area contributed by atoms with Crippen molar-refractivity contribution in [3.63, 3.8) is 0 Å². The van der Waals surface area contributed by atoms with Gasteiger partial charge in [0.05, 0.1) is 0 Å².